The number of aryl methyl sites for hydroxylation is 1. The van der Waals surface area contributed by atoms with Crippen LogP contribution >= 0.6 is 0 Å². The van der Waals surface area contributed by atoms with Gasteiger partial charge in [0.15, 0.2) is 0 Å². The summed E-state index contributed by atoms with van der Waals surface area (Å²) in [6, 6.07) is 3.84. The summed E-state index contributed by atoms with van der Waals surface area (Å²) < 4.78 is 13.4. The largest absolute Gasteiger partial charge is 0.329 e. The van der Waals surface area contributed by atoms with Crippen LogP contribution in [0, 0.1) is 12.7 Å². The van der Waals surface area contributed by atoms with Gasteiger partial charge in [-0.15, -0.1) is 0 Å². The summed E-state index contributed by atoms with van der Waals surface area (Å²) in [5.74, 6) is -0.925. The minimum atomic E-state index is -0.579. The Bertz CT molecular complexity index is 445. The highest BCUT2D eigenvalue weighted by Gasteiger charge is 2.29. The minimum absolute atomic E-state index is 0.126. The number of carbonyl (C=O) groups excluding carboxylic acids is 2. The van der Waals surface area contributed by atoms with E-state index in [1.165, 1.54) is 12.1 Å². The maximum Gasteiger partial charge on any atom is 0.329 e. The Balaban J connectivity index is 2.41. The standard InChI is InChI=1S/C10H9FN2O2/c1-6-2-3-7(11)8(4-6)13-5-9(14)12-10(13)15/h2-4H,5H2,1H3,(H,12,14,15). The van der Waals surface area contributed by atoms with Crippen LogP contribution in [0.15, 0.2) is 18.2 Å². The summed E-state index contributed by atoms with van der Waals surface area (Å²) in [6.07, 6.45) is 0. The van der Waals surface area contributed by atoms with Crippen molar-refractivity contribution in [3.63, 3.8) is 0 Å². The molecule has 1 aromatic carbocycles. The van der Waals surface area contributed by atoms with Crippen molar-refractivity contribution in [2.45, 2.75) is 6.92 Å². The van der Waals surface area contributed by atoms with Crippen LogP contribution in [0.1, 0.15) is 5.56 Å². The number of nitrogens with one attached hydrogen (secondary N) is 1. The smallest absolute Gasteiger partial charge is 0.282 e. The molecule has 0 aromatic heterocycles. The third kappa shape index (κ3) is 1.68. The summed E-state index contributed by atoms with van der Waals surface area (Å²) >= 11 is 0. The molecule has 1 heterocycles. The van der Waals surface area contributed by atoms with Gasteiger partial charge in [0.1, 0.15) is 12.4 Å². The SMILES string of the molecule is Cc1ccc(F)c(N2CC(=O)NC2=O)c1. The lowest BCUT2D eigenvalue weighted by molar-refractivity contribution is -0.117. The quantitative estimate of drug-likeness (QED) is 0.705. The molecule has 1 fully saturated rings. The molecule has 4 nitrogen and oxygen atoms in total. The molecule has 0 saturated carbocycles. The maximum absolute atomic E-state index is 13.4. The van der Waals surface area contributed by atoms with Gasteiger partial charge in [0.25, 0.3) is 0 Å². The van der Waals surface area contributed by atoms with Gasteiger partial charge in [-0.1, -0.05) is 6.07 Å². The average molecular weight is 208 g/mol. The second-order valence-corrected chi connectivity index (χ2v) is 3.39. The molecule has 5 heteroatoms. The number of halogens is 1. The molecular formula is C10H9FN2O2. The first kappa shape index (κ1) is 9.64. The number of imide groups is 1. The van der Waals surface area contributed by atoms with Crippen molar-refractivity contribution < 1.29 is 14.0 Å². The van der Waals surface area contributed by atoms with Crippen LogP contribution in [-0.2, 0) is 4.79 Å². The predicted octanol–water partition coefficient (Wildman–Crippen LogP) is 1.19. The average Bonchev–Trinajstić information content (AvgIpc) is 2.50. The first-order chi connectivity index (χ1) is 7.08. The third-order valence-electron chi connectivity index (χ3n) is 2.19. The molecule has 15 heavy (non-hydrogen) atoms. The van der Waals surface area contributed by atoms with Crippen molar-refractivity contribution in [2.75, 3.05) is 11.4 Å². The van der Waals surface area contributed by atoms with E-state index in [9.17, 15) is 14.0 Å². The molecule has 3 amide bonds. The van der Waals surface area contributed by atoms with Crippen molar-refractivity contribution in [2.24, 2.45) is 0 Å². The van der Waals surface area contributed by atoms with E-state index < -0.39 is 17.8 Å². The van der Waals surface area contributed by atoms with E-state index in [4.69, 9.17) is 0 Å². The number of hydrogen-bond donors (Lipinski definition) is 1. The molecule has 1 aromatic rings. The van der Waals surface area contributed by atoms with E-state index in [0.717, 1.165) is 10.5 Å². The van der Waals surface area contributed by atoms with E-state index in [1.54, 1.807) is 13.0 Å². The molecule has 1 aliphatic heterocycles. The number of amides is 3. The summed E-state index contributed by atoms with van der Waals surface area (Å²) in [5, 5.41) is 2.09. The minimum Gasteiger partial charge on any atom is -0.282 e. The first-order valence-corrected chi connectivity index (χ1v) is 4.45. The molecule has 78 valence electrons. The summed E-state index contributed by atoms with van der Waals surface area (Å²) in [7, 11) is 0. The van der Waals surface area contributed by atoms with E-state index in [1.807, 2.05) is 0 Å². The zero-order chi connectivity index (χ0) is 11.0. The highest BCUT2D eigenvalue weighted by molar-refractivity contribution is 6.12. The van der Waals surface area contributed by atoms with Gasteiger partial charge in [-0.3, -0.25) is 15.0 Å². The number of anilines is 1. The van der Waals surface area contributed by atoms with E-state index >= 15 is 0 Å². The summed E-state index contributed by atoms with van der Waals surface area (Å²) in [4.78, 5) is 23.3. The van der Waals surface area contributed by atoms with Gasteiger partial charge in [0, 0.05) is 0 Å². The van der Waals surface area contributed by atoms with E-state index in [-0.39, 0.29) is 12.2 Å². The van der Waals surface area contributed by atoms with Crippen molar-refractivity contribution in [1.29, 1.82) is 0 Å². The molecule has 2 rings (SSSR count). The lowest BCUT2D eigenvalue weighted by atomic mass is 10.2. The van der Waals surface area contributed by atoms with Crippen molar-refractivity contribution in [3.05, 3.63) is 29.6 Å². The molecular weight excluding hydrogens is 199 g/mol. The molecule has 0 spiro atoms. The fraction of sp³-hybridized carbons (Fsp3) is 0.200. The monoisotopic (exact) mass is 208 g/mol. The molecule has 1 aliphatic rings. The molecule has 0 unspecified atom stereocenters. The zero-order valence-corrected chi connectivity index (χ0v) is 8.08. The highest BCUT2D eigenvalue weighted by atomic mass is 19.1. The molecule has 0 bridgehead atoms. The van der Waals surface area contributed by atoms with E-state index in [2.05, 4.69) is 5.32 Å². The summed E-state index contributed by atoms with van der Waals surface area (Å²) in [6.45, 7) is 1.66. The van der Waals surface area contributed by atoms with Gasteiger partial charge in [0.2, 0.25) is 5.91 Å². The van der Waals surface area contributed by atoms with Gasteiger partial charge >= 0.3 is 6.03 Å². The van der Waals surface area contributed by atoms with Crippen LogP contribution in [0.3, 0.4) is 0 Å². The number of carbonyl (C=O) groups is 2. The molecule has 1 N–H and O–H groups in total. The van der Waals surface area contributed by atoms with Gasteiger partial charge in [-0.25, -0.2) is 9.18 Å². The van der Waals surface area contributed by atoms with E-state index in [0.29, 0.717) is 0 Å². The van der Waals surface area contributed by atoms with Gasteiger partial charge in [-0.05, 0) is 24.6 Å². The fourth-order valence-corrected chi connectivity index (χ4v) is 1.47. The van der Waals surface area contributed by atoms with Crippen molar-refractivity contribution in [1.82, 2.24) is 5.32 Å². The Labute approximate surface area is 85.7 Å². The van der Waals surface area contributed by atoms with Crippen molar-refractivity contribution >= 4 is 17.6 Å². The maximum atomic E-state index is 13.4. The molecule has 0 aliphatic carbocycles. The van der Waals surface area contributed by atoms with Crippen LogP contribution < -0.4 is 10.2 Å². The first-order valence-electron chi connectivity index (χ1n) is 4.45. The topological polar surface area (TPSA) is 49.4 Å². The molecule has 0 atom stereocenters. The summed E-state index contributed by atoms with van der Waals surface area (Å²) in [5.41, 5.74) is 0.969. The third-order valence-corrected chi connectivity index (χ3v) is 2.19. The second kappa shape index (κ2) is 3.34. The van der Waals surface area contributed by atoms with Gasteiger partial charge in [0.05, 0.1) is 5.69 Å². The highest BCUT2D eigenvalue weighted by Crippen LogP contribution is 2.22. The number of benzene rings is 1. The zero-order valence-electron chi connectivity index (χ0n) is 8.08. The fourth-order valence-electron chi connectivity index (χ4n) is 1.47. The van der Waals surface area contributed by atoms with Crippen LogP contribution in [0.25, 0.3) is 0 Å². The number of rotatable bonds is 1. The Morgan fingerprint density at radius 3 is 2.73 bits per heavy atom. The Kier molecular flexibility index (Phi) is 2.15. The normalized spacial score (nSPS) is 15.7. The van der Waals surface area contributed by atoms with Crippen LogP contribution in [0.2, 0.25) is 0 Å². The lowest BCUT2D eigenvalue weighted by Crippen LogP contribution is -2.28. The van der Waals surface area contributed by atoms with Gasteiger partial charge < -0.3 is 0 Å². The lowest BCUT2D eigenvalue weighted by Gasteiger charge is -2.14. The number of nitrogens with zero attached hydrogens (tertiary/aromatic N) is 1. The second-order valence-electron chi connectivity index (χ2n) is 3.39. The van der Waals surface area contributed by atoms with Crippen molar-refractivity contribution in [3.8, 4) is 0 Å². The Morgan fingerprint density at radius 2 is 2.13 bits per heavy atom. The molecule has 1 saturated heterocycles. The van der Waals surface area contributed by atoms with Gasteiger partial charge in [-0.2, -0.15) is 0 Å². The van der Waals surface area contributed by atoms with Crippen LogP contribution in [-0.4, -0.2) is 18.5 Å². The number of hydrogen-bond acceptors (Lipinski definition) is 2. The predicted molar refractivity (Wildman–Crippen MR) is 52.0 cm³/mol. The Morgan fingerprint density at radius 1 is 1.40 bits per heavy atom. The van der Waals surface area contributed by atoms with Crippen LogP contribution in [0.5, 0.6) is 0 Å². The molecule has 0 radical (unpaired) electrons. The Hall–Kier alpha value is -1.91. The van der Waals surface area contributed by atoms with Crippen LogP contribution in [0.4, 0.5) is 14.9 Å². The number of urea groups is 1.